The van der Waals surface area contributed by atoms with Crippen LogP contribution >= 0.6 is 0 Å². The summed E-state index contributed by atoms with van der Waals surface area (Å²) in [6.45, 7) is 12.4. The maximum absolute atomic E-state index is 6.08. The van der Waals surface area contributed by atoms with Crippen molar-refractivity contribution >= 4 is 7.12 Å². The summed E-state index contributed by atoms with van der Waals surface area (Å²) >= 11 is 0. The van der Waals surface area contributed by atoms with Gasteiger partial charge >= 0.3 is 7.12 Å². The maximum atomic E-state index is 6.08. The number of hydrogen-bond acceptors (Lipinski definition) is 3. The zero-order valence-electron chi connectivity index (χ0n) is 11.6. The molecule has 17 heavy (non-hydrogen) atoms. The van der Waals surface area contributed by atoms with Crippen LogP contribution in [0.25, 0.3) is 0 Å². The standard InChI is InChI=1S/C13H22BNO2/c1-8-7-10(15)11(9(8)2)14-16-12(3,4)13(5,6)17-14/h7,11H,15H2,1-6H3. The van der Waals surface area contributed by atoms with E-state index in [0.717, 1.165) is 5.70 Å². The van der Waals surface area contributed by atoms with Crippen LogP contribution in [0, 0.1) is 0 Å². The molecule has 0 saturated carbocycles. The number of allylic oxidation sites excluding steroid dienone is 3. The van der Waals surface area contributed by atoms with E-state index in [0.29, 0.717) is 0 Å². The minimum atomic E-state index is -0.297. The average molecular weight is 235 g/mol. The summed E-state index contributed by atoms with van der Waals surface area (Å²) < 4.78 is 12.1. The Morgan fingerprint density at radius 1 is 1.12 bits per heavy atom. The predicted octanol–water partition coefficient (Wildman–Crippen LogP) is 2.64. The Kier molecular flexibility index (Phi) is 2.71. The van der Waals surface area contributed by atoms with Gasteiger partial charge in [-0.15, -0.1) is 0 Å². The number of hydrogen-bond donors (Lipinski definition) is 1. The second-order valence-corrected chi connectivity index (χ2v) is 6.11. The Morgan fingerprint density at radius 2 is 1.59 bits per heavy atom. The van der Waals surface area contributed by atoms with Gasteiger partial charge in [0, 0.05) is 5.70 Å². The van der Waals surface area contributed by atoms with Crippen LogP contribution < -0.4 is 5.73 Å². The van der Waals surface area contributed by atoms with E-state index in [1.807, 2.05) is 6.08 Å². The molecule has 4 heteroatoms. The maximum Gasteiger partial charge on any atom is 0.471 e. The Balaban J connectivity index is 2.26. The monoisotopic (exact) mass is 235 g/mol. The molecule has 2 aliphatic rings. The molecule has 0 aromatic carbocycles. The molecule has 0 aromatic heterocycles. The fourth-order valence-electron chi connectivity index (χ4n) is 2.33. The molecule has 2 N–H and O–H groups in total. The average Bonchev–Trinajstić information content (AvgIpc) is 2.49. The highest BCUT2D eigenvalue weighted by Gasteiger charge is 2.55. The molecule has 1 fully saturated rings. The van der Waals surface area contributed by atoms with Crippen molar-refractivity contribution < 1.29 is 9.31 Å². The first-order chi connectivity index (χ1) is 7.66. The lowest BCUT2D eigenvalue weighted by atomic mass is 9.67. The van der Waals surface area contributed by atoms with Gasteiger partial charge in [0.15, 0.2) is 0 Å². The first kappa shape index (κ1) is 12.7. The third-order valence-corrected chi connectivity index (χ3v) is 4.37. The van der Waals surface area contributed by atoms with Crippen LogP contribution in [0.15, 0.2) is 22.9 Å². The molecule has 1 saturated heterocycles. The molecule has 0 bridgehead atoms. The van der Waals surface area contributed by atoms with Crippen molar-refractivity contribution in [1.29, 1.82) is 0 Å². The van der Waals surface area contributed by atoms with E-state index < -0.39 is 0 Å². The molecule has 3 nitrogen and oxygen atoms in total. The molecule has 94 valence electrons. The van der Waals surface area contributed by atoms with E-state index in [1.54, 1.807) is 0 Å². The quantitative estimate of drug-likeness (QED) is 0.710. The zero-order chi connectivity index (χ0) is 13.0. The van der Waals surface area contributed by atoms with Gasteiger partial charge in [0.05, 0.1) is 17.0 Å². The molecule has 0 spiro atoms. The van der Waals surface area contributed by atoms with E-state index in [-0.39, 0.29) is 24.1 Å². The van der Waals surface area contributed by atoms with Crippen molar-refractivity contribution in [2.75, 3.05) is 0 Å². The topological polar surface area (TPSA) is 44.5 Å². The van der Waals surface area contributed by atoms with Gasteiger partial charge in [0.25, 0.3) is 0 Å². The summed E-state index contributed by atoms with van der Waals surface area (Å²) in [5.74, 6) is 0.0658. The summed E-state index contributed by atoms with van der Waals surface area (Å²) in [5, 5.41) is 0. The summed E-state index contributed by atoms with van der Waals surface area (Å²) in [6, 6.07) is 0. The van der Waals surface area contributed by atoms with E-state index in [2.05, 4.69) is 41.5 Å². The Morgan fingerprint density at radius 3 is 1.94 bits per heavy atom. The molecule has 1 aliphatic heterocycles. The van der Waals surface area contributed by atoms with Gasteiger partial charge in [0.1, 0.15) is 0 Å². The lowest BCUT2D eigenvalue weighted by molar-refractivity contribution is 0.00578. The zero-order valence-corrected chi connectivity index (χ0v) is 11.6. The predicted molar refractivity (Wildman–Crippen MR) is 70.5 cm³/mol. The number of nitrogens with two attached hydrogens (primary N) is 1. The van der Waals surface area contributed by atoms with Crippen LogP contribution in [0.2, 0.25) is 5.82 Å². The van der Waals surface area contributed by atoms with Crippen molar-refractivity contribution in [3.63, 3.8) is 0 Å². The van der Waals surface area contributed by atoms with Crippen molar-refractivity contribution in [3.05, 3.63) is 22.9 Å². The molecule has 0 amide bonds. The Hall–Kier alpha value is -0.735. The van der Waals surface area contributed by atoms with Crippen LogP contribution in [0.3, 0.4) is 0 Å². The minimum absolute atomic E-state index is 0.0658. The molecule has 1 aliphatic carbocycles. The van der Waals surface area contributed by atoms with Gasteiger partial charge in [-0.3, -0.25) is 0 Å². The summed E-state index contributed by atoms with van der Waals surface area (Å²) in [4.78, 5) is 0. The summed E-state index contributed by atoms with van der Waals surface area (Å²) in [5.41, 5.74) is 8.80. The molecule has 1 atom stereocenters. The summed E-state index contributed by atoms with van der Waals surface area (Å²) in [6.07, 6.45) is 2.02. The highest BCUT2D eigenvalue weighted by molar-refractivity contribution is 6.49. The Bertz CT molecular complexity index is 394. The highest BCUT2D eigenvalue weighted by atomic mass is 16.7. The van der Waals surface area contributed by atoms with Gasteiger partial charge in [-0.05, 0) is 47.6 Å². The van der Waals surface area contributed by atoms with Crippen molar-refractivity contribution in [2.24, 2.45) is 5.73 Å². The molecule has 1 heterocycles. The van der Waals surface area contributed by atoms with Crippen LogP contribution in [-0.2, 0) is 9.31 Å². The van der Waals surface area contributed by atoms with E-state index in [9.17, 15) is 0 Å². The van der Waals surface area contributed by atoms with Crippen LogP contribution in [0.4, 0.5) is 0 Å². The molecule has 0 radical (unpaired) electrons. The van der Waals surface area contributed by atoms with E-state index in [4.69, 9.17) is 15.0 Å². The largest absolute Gasteiger partial charge is 0.471 e. The lowest BCUT2D eigenvalue weighted by Crippen LogP contribution is -2.41. The normalized spacial score (nSPS) is 31.1. The third-order valence-electron chi connectivity index (χ3n) is 4.37. The summed E-state index contributed by atoms with van der Waals surface area (Å²) in [7, 11) is -0.270. The first-order valence-corrected chi connectivity index (χ1v) is 6.16. The fraction of sp³-hybridized carbons (Fsp3) is 0.692. The SMILES string of the molecule is CC1=C(C)C(B2OC(C)(C)C(C)(C)O2)C(N)=C1. The van der Waals surface area contributed by atoms with Crippen molar-refractivity contribution in [1.82, 2.24) is 0 Å². The first-order valence-electron chi connectivity index (χ1n) is 6.16. The third kappa shape index (κ3) is 1.83. The van der Waals surface area contributed by atoms with Crippen LogP contribution in [0.1, 0.15) is 41.5 Å². The van der Waals surface area contributed by atoms with Crippen molar-refractivity contribution in [3.8, 4) is 0 Å². The van der Waals surface area contributed by atoms with Gasteiger partial charge < -0.3 is 15.0 Å². The van der Waals surface area contributed by atoms with Gasteiger partial charge in [-0.2, -0.15) is 0 Å². The molecular weight excluding hydrogens is 213 g/mol. The van der Waals surface area contributed by atoms with Crippen LogP contribution in [0.5, 0.6) is 0 Å². The van der Waals surface area contributed by atoms with E-state index in [1.165, 1.54) is 11.1 Å². The second-order valence-electron chi connectivity index (χ2n) is 6.11. The highest BCUT2D eigenvalue weighted by Crippen LogP contribution is 2.45. The van der Waals surface area contributed by atoms with Gasteiger partial charge in [-0.1, -0.05) is 11.1 Å². The minimum Gasteiger partial charge on any atom is -0.403 e. The lowest BCUT2D eigenvalue weighted by Gasteiger charge is -2.32. The van der Waals surface area contributed by atoms with Crippen molar-refractivity contribution in [2.45, 2.75) is 58.6 Å². The molecular formula is C13H22BNO2. The van der Waals surface area contributed by atoms with Gasteiger partial charge in [0.2, 0.25) is 0 Å². The smallest absolute Gasteiger partial charge is 0.403 e. The molecule has 0 aromatic rings. The van der Waals surface area contributed by atoms with Gasteiger partial charge in [-0.25, -0.2) is 0 Å². The molecule has 1 unspecified atom stereocenters. The Labute approximate surface area is 104 Å². The fourth-order valence-corrected chi connectivity index (χ4v) is 2.33. The van der Waals surface area contributed by atoms with E-state index >= 15 is 0 Å². The van der Waals surface area contributed by atoms with Crippen LogP contribution in [-0.4, -0.2) is 18.3 Å². The molecule has 2 rings (SSSR count). The second kappa shape index (κ2) is 3.63. The number of rotatable bonds is 1.